The van der Waals surface area contributed by atoms with E-state index in [-0.39, 0.29) is 11.6 Å². The molecule has 1 aliphatic carbocycles. The first-order valence-electron chi connectivity index (χ1n) is 6.96. The average Bonchev–Trinajstić information content (AvgIpc) is 2.31. The van der Waals surface area contributed by atoms with Gasteiger partial charge in [0.25, 0.3) is 0 Å². The van der Waals surface area contributed by atoms with Crippen LogP contribution in [0, 0.1) is 5.82 Å². The van der Waals surface area contributed by atoms with E-state index in [0.717, 1.165) is 18.4 Å². The molecule has 1 saturated carbocycles. The summed E-state index contributed by atoms with van der Waals surface area (Å²) in [6.07, 6.45) is 1.87. The second kappa shape index (κ2) is 6.65. The van der Waals surface area contributed by atoms with Crippen molar-refractivity contribution in [2.24, 2.45) is 0 Å². The van der Waals surface area contributed by atoms with Crippen molar-refractivity contribution in [1.29, 1.82) is 0 Å². The Hall–Kier alpha value is -0.980. The Morgan fingerprint density at radius 3 is 2.75 bits per heavy atom. The molecule has 2 N–H and O–H groups in total. The minimum Gasteiger partial charge on any atom is -0.313 e. The van der Waals surface area contributed by atoms with Crippen LogP contribution in [0.3, 0.4) is 0 Å². The molecule has 0 saturated heterocycles. The number of rotatable bonds is 7. The zero-order valence-corrected chi connectivity index (χ0v) is 12.4. The Bertz CT molecular complexity index is 542. The molecule has 0 unspecified atom stereocenters. The van der Waals surface area contributed by atoms with Crippen LogP contribution in [0.4, 0.5) is 4.39 Å². The van der Waals surface area contributed by atoms with E-state index in [4.69, 9.17) is 0 Å². The summed E-state index contributed by atoms with van der Waals surface area (Å²) in [7, 11) is -3.14. The lowest BCUT2D eigenvalue weighted by Gasteiger charge is -2.36. The molecule has 6 heteroatoms. The van der Waals surface area contributed by atoms with Crippen molar-refractivity contribution in [2.75, 3.05) is 18.8 Å². The van der Waals surface area contributed by atoms with Crippen LogP contribution in [-0.4, -0.2) is 33.3 Å². The zero-order chi connectivity index (χ0) is 14.6. The molecule has 0 heterocycles. The van der Waals surface area contributed by atoms with Gasteiger partial charge in [-0.15, -0.1) is 0 Å². The molecule has 1 aromatic rings. The number of nitrogens with one attached hydrogen (secondary N) is 2. The lowest BCUT2D eigenvalue weighted by molar-refractivity contribution is 0.295. The number of hydrogen-bond acceptors (Lipinski definition) is 3. The highest BCUT2D eigenvalue weighted by atomic mass is 32.2. The lowest BCUT2D eigenvalue weighted by Crippen LogP contribution is -2.43. The van der Waals surface area contributed by atoms with Crippen molar-refractivity contribution < 1.29 is 12.8 Å². The predicted octanol–water partition coefficient (Wildman–Crippen LogP) is 1.60. The highest BCUT2D eigenvalue weighted by Crippen LogP contribution is 2.36. The molecule has 0 aromatic heterocycles. The normalized spacial score (nSPS) is 22.5. The minimum absolute atomic E-state index is 0.0992. The van der Waals surface area contributed by atoms with E-state index in [1.165, 1.54) is 6.07 Å². The molecule has 1 aliphatic rings. The van der Waals surface area contributed by atoms with E-state index in [1.54, 1.807) is 19.1 Å². The molecule has 2 rings (SSSR count). The van der Waals surface area contributed by atoms with Gasteiger partial charge < -0.3 is 5.32 Å². The highest BCUT2D eigenvalue weighted by Gasteiger charge is 2.30. The standard InChI is InChI=1S/C14H21FN2O2S/c1-2-17-20(18,19)7-6-16-14-9-12(10-14)11-4-3-5-13(15)8-11/h3-5,8,12,14,16-17H,2,6-7,9-10H2,1H3. The largest absolute Gasteiger partial charge is 0.313 e. The monoisotopic (exact) mass is 300 g/mol. The summed E-state index contributed by atoms with van der Waals surface area (Å²) in [6, 6.07) is 7.04. The van der Waals surface area contributed by atoms with Gasteiger partial charge in [0.2, 0.25) is 10.0 Å². The van der Waals surface area contributed by atoms with Crippen LogP contribution < -0.4 is 10.0 Å². The van der Waals surface area contributed by atoms with E-state index in [1.807, 2.05) is 6.07 Å². The second-order valence-electron chi connectivity index (χ2n) is 5.19. The second-order valence-corrected chi connectivity index (χ2v) is 7.12. The van der Waals surface area contributed by atoms with Gasteiger partial charge in [-0.2, -0.15) is 0 Å². The Balaban J connectivity index is 1.70. The van der Waals surface area contributed by atoms with Crippen LogP contribution in [0.2, 0.25) is 0 Å². The number of hydrogen-bond donors (Lipinski definition) is 2. The Labute approximate surface area is 119 Å². The molecule has 0 aliphatic heterocycles. The van der Waals surface area contributed by atoms with Gasteiger partial charge in [0.05, 0.1) is 5.75 Å². The highest BCUT2D eigenvalue weighted by molar-refractivity contribution is 7.89. The number of halogens is 1. The summed E-state index contributed by atoms with van der Waals surface area (Å²) in [5.41, 5.74) is 1.03. The summed E-state index contributed by atoms with van der Waals surface area (Å²) in [6.45, 7) is 2.64. The maximum Gasteiger partial charge on any atom is 0.212 e. The lowest BCUT2D eigenvalue weighted by atomic mass is 9.76. The third-order valence-electron chi connectivity index (χ3n) is 3.63. The fourth-order valence-electron chi connectivity index (χ4n) is 2.51. The van der Waals surface area contributed by atoms with Crippen molar-refractivity contribution in [2.45, 2.75) is 31.7 Å². The van der Waals surface area contributed by atoms with Crippen LogP contribution in [0.5, 0.6) is 0 Å². The van der Waals surface area contributed by atoms with E-state index < -0.39 is 10.0 Å². The fourth-order valence-corrected chi connectivity index (χ4v) is 3.48. The van der Waals surface area contributed by atoms with Gasteiger partial charge in [-0.25, -0.2) is 17.5 Å². The maximum absolute atomic E-state index is 13.1. The predicted molar refractivity (Wildman–Crippen MR) is 77.6 cm³/mol. The first kappa shape index (κ1) is 15.4. The molecule has 20 heavy (non-hydrogen) atoms. The van der Waals surface area contributed by atoms with Gasteiger partial charge >= 0.3 is 0 Å². The van der Waals surface area contributed by atoms with Gasteiger partial charge in [0.1, 0.15) is 5.82 Å². The van der Waals surface area contributed by atoms with Crippen molar-refractivity contribution in [1.82, 2.24) is 10.0 Å². The van der Waals surface area contributed by atoms with Crippen molar-refractivity contribution in [3.05, 3.63) is 35.6 Å². The van der Waals surface area contributed by atoms with E-state index in [9.17, 15) is 12.8 Å². The summed E-state index contributed by atoms with van der Waals surface area (Å²) in [4.78, 5) is 0. The van der Waals surface area contributed by atoms with Gasteiger partial charge in [-0.1, -0.05) is 19.1 Å². The van der Waals surface area contributed by atoms with Crippen LogP contribution in [0.15, 0.2) is 24.3 Å². The SMILES string of the molecule is CCNS(=O)(=O)CCNC1CC(c2cccc(F)c2)C1. The number of sulfonamides is 1. The summed E-state index contributed by atoms with van der Waals surface area (Å²) >= 11 is 0. The van der Waals surface area contributed by atoms with Gasteiger partial charge in [0, 0.05) is 19.1 Å². The first-order chi connectivity index (χ1) is 9.50. The minimum atomic E-state index is -3.14. The smallest absolute Gasteiger partial charge is 0.212 e. The third-order valence-corrected chi connectivity index (χ3v) is 5.10. The van der Waals surface area contributed by atoms with Gasteiger partial charge in [-0.05, 0) is 36.5 Å². The van der Waals surface area contributed by atoms with Gasteiger partial charge in [-0.3, -0.25) is 0 Å². The molecule has 0 radical (unpaired) electrons. The van der Waals surface area contributed by atoms with Crippen LogP contribution in [0.25, 0.3) is 0 Å². The summed E-state index contributed by atoms with van der Waals surface area (Å²) in [5, 5.41) is 3.24. The molecule has 4 nitrogen and oxygen atoms in total. The van der Waals surface area contributed by atoms with E-state index >= 15 is 0 Å². The van der Waals surface area contributed by atoms with Gasteiger partial charge in [0.15, 0.2) is 0 Å². The molecular weight excluding hydrogens is 279 g/mol. The average molecular weight is 300 g/mol. The van der Waals surface area contributed by atoms with E-state index in [0.29, 0.717) is 25.0 Å². The zero-order valence-electron chi connectivity index (χ0n) is 11.6. The Morgan fingerprint density at radius 1 is 1.35 bits per heavy atom. The molecule has 1 fully saturated rings. The molecule has 112 valence electrons. The fraction of sp³-hybridized carbons (Fsp3) is 0.571. The third kappa shape index (κ3) is 4.26. The molecule has 0 atom stereocenters. The van der Waals surface area contributed by atoms with Crippen molar-refractivity contribution in [3.8, 4) is 0 Å². The van der Waals surface area contributed by atoms with Crippen molar-refractivity contribution in [3.63, 3.8) is 0 Å². The quantitative estimate of drug-likeness (QED) is 0.804. The molecule has 0 spiro atoms. The van der Waals surface area contributed by atoms with Crippen LogP contribution >= 0.6 is 0 Å². The summed E-state index contributed by atoms with van der Waals surface area (Å²) in [5.74, 6) is 0.284. The Kier molecular flexibility index (Phi) is 5.12. The van der Waals surface area contributed by atoms with Crippen molar-refractivity contribution >= 4 is 10.0 Å². The number of benzene rings is 1. The van der Waals surface area contributed by atoms with Crippen LogP contribution in [0.1, 0.15) is 31.2 Å². The summed E-state index contributed by atoms with van der Waals surface area (Å²) < 4.78 is 38.5. The van der Waals surface area contributed by atoms with E-state index in [2.05, 4.69) is 10.0 Å². The molecule has 0 amide bonds. The van der Waals surface area contributed by atoms with Crippen LogP contribution in [-0.2, 0) is 10.0 Å². The molecular formula is C14H21FN2O2S. The topological polar surface area (TPSA) is 58.2 Å². The molecule has 1 aromatic carbocycles. The maximum atomic E-state index is 13.1. The molecule has 0 bridgehead atoms. The Morgan fingerprint density at radius 2 is 2.10 bits per heavy atom. The first-order valence-corrected chi connectivity index (χ1v) is 8.61.